The lowest BCUT2D eigenvalue weighted by Crippen LogP contribution is -2.45. The number of para-hydroxylation sites is 2. The largest absolute Gasteiger partial charge is 0.361 e. The molecule has 0 fully saturated rings. The highest BCUT2D eigenvalue weighted by molar-refractivity contribution is 7.23. The number of aryl methyl sites for hydroxylation is 2. The topological polar surface area (TPSA) is 91.3 Å². The molecule has 7 aromatic rings. The Labute approximate surface area is 258 Å². The van der Waals surface area contributed by atoms with Gasteiger partial charge in [0, 0.05) is 41.0 Å². The van der Waals surface area contributed by atoms with Crippen LogP contribution in [0.2, 0.25) is 0 Å². The van der Waals surface area contributed by atoms with Crippen molar-refractivity contribution in [1.29, 1.82) is 0 Å². The molecule has 0 saturated carbocycles. The number of aromatic amines is 1. The average Bonchev–Trinajstić information content (AvgIpc) is 3.70. The second-order valence-corrected chi connectivity index (χ2v) is 12.3. The molecular formula is C36H31N5O2S. The normalized spacial score (nSPS) is 12.1. The second-order valence-electron chi connectivity index (χ2n) is 11.3. The van der Waals surface area contributed by atoms with Gasteiger partial charge in [0.1, 0.15) is 6.04 Å². The molecule has 0 aliphatic carbocycles. The summed E-state index contributed by atoms with van der Waals surface area (Å²) in [6.45, 7) is 4.04. The SMILES string of the molecule is Cc1cc(C)cc(CC(=O)NC(Cc2c[nH]c3ccccc23)C(=O)Nc2ccc(-c3cn4c(n3)sc3ccccc34)cc2)c1. The van der Waals surface area contributed by atoms with Crippen LogP contribution in [0.15, 0.2) is 103 Å². The quantitative estimate of drug-likeness (QED) is 0.173. The Kier molecular flexibility index (Phi) is 7.20. The van der Waals surface area contributed by atoms with Gasteiger partial charge in [0.05, 0.1) is 22.3 Å². The molecule has 1 atom stereocenters. The van der Waals surface area contributed by atoms with Crippen LogP contribution in [0, 0.1) is 13.8 Å². The Hall–Kier alpha value is -5.21. The van der Waals surface area contributed by atoms with Crippen molar-refractivity contribution in [3.8, 4) is 11.3 Å². The van der Waals surface area contributed by atoms with Crippen LogP contribution in [0.5, 0.6) is 0 Å². The molecule has 3 heterocycles. The van der Waals surface area contributed by atoms with E-state index in [4.69, 9.17) is 4.98 Å². The summed E-state index contributed by atoms with van der Waals surface area (Å²) < 4.78 is 3.31. The van der Waals surface area contributed by atoms with E-state index in [0.717, 1.165) is 54.9 Å². The summed E-state index contributed by atoms with van der Waals surface area (Å²) in [7, 11) is 0. The Morgan fingerprint density at radius 2 is 1.68 bits per heavy atom. The number of thiazole rings is 1. The van der Waals surface area contributed by atoms with Gasteiger partial charge < -0.3 is 15.6 Å². The van der Waals surface area contributed by atoms with E-state index in [1.807, 2.05) is 99.0 Å². The molecule has 2 amide bonds. The Morgan fingerprint density at radius 1 is 0.932 bits per heavy atom. The number of hydrogen-bond acceptors (Lipinski definition) is 4. The van der Waals surface area contributed by atoms with E-state index in [1.165, 1.54) is 4.70 Å². The number of hydrogen-bond donors (Lipinski definition) is 3. The first-order valence-electron chi connectivity index (χ1n) is 14.6. The highest BCUT2D eigenvalue weighted by atomic mass is 32.1. The van der Waals surface area contributed by atoms with Crippen LogP contribution in [-0.4, -0.2) is 32.2 Å². The zero-order valence-electron chi connectivity index (χ0n) is 24.4. The minimum absolute atomic E-state index is 0.197. The third kappa shape index (κ3) is 5.59. The van der Waals surface area contributed by atoms with Crippen LogP contribution >= 0.6 is 11.3 Å². The van der Waals surface area contributed by atoms with Gasteiger partial charge in [-0.25, -0.2) is 4.98 Å². The van der Waals surface area contributed by atoms with Crippen molar-refractivity contribution in [2.75, 3.05) is 5.32 Å². The summed E-state index contributed by atoms with van der Waals surface area (Å²) in [6.07, 6.45) is 4.51. The molecule has 0 radical (unpaired) electrons. The molecule has 3 aromatic heterocycles. The molecule has 0 aliphatic heterocycles. The van der Waals surface area contributed by atoms with E-state index >= 15 is 0 Å². The van der Waals surface area contributed by atoms with Crippen LogP contribution in [0.1, 0.15) is 22.3 Å². The molecule has 7 nitrogen and oxygen atoms in total. The van der Waals surface area contributed by atoms with Crippen LogP contribution in [0.3, 0.4) is 0 Å². The number of imidazole rings is 1. The summed E-state index contributed by atoms with van der Waals surface area (Å²) in [4.78, 5) is 35.9. The lowest BCUT2D eigenvalue weighted by Gasteiger charge is -2.19. The first-order chi connectivity index (χ1) is 21.4. The Balaban J connectivity index is 1.10. The maximum Gasteiger partial charge on any atom is 0.247 e. The third-order valence-corrected chi connectivity index (χ3v) is 8.88. The van der Waals surface area contributed by atoms with Gasteiger partial charge in [-0.1, -0.05) is 83.1 Å². The molecule has 8 heteroatoms. The molecule has 1 unspecified atom stereocenters. The fraction of sp³-hybridized carbons (Fsp3) is 0.139. The summed E-state index contributed by atoms with van der Waals surface area (Å²) in [5.74, 6) is -0.469. The minimum atomic E-state index is -0.763. The van der Waals surface area contributed by atoms with Crippen molar-refractivity contribution in [2.24, 2.45) is 0 Å². The van der Waals surface area contributed by atoms with E-state index in [1.54, 1.807) is 11.3 Å². The number of nitrogens with zero attached hydrogens (tertiary/aromatic N) is 2. The smallest absolute Gasteiger partial charge is 0.247 e. The van der Waals surface area contributed by atoms with Crippen LogP contribution < -0.4 is 10.6 Å². The molecular weight excluding hydrogens is 566 g/mol. The number of aromatic nitrogens is 3. The van der Waals surface area contributed by atoms with Crippen molar-refractivity contribution in [1.82, 2.24) is 19.7 Å². The molecule has 44 heavy (non-hydrogen) atoms. The number of fused-ring (bicyclic) bond motifs is 4. The average molecular weight is 598 g/mol. The van der Waals surface area contributed by atoms with Gasteiger partial charge in [-0.2, -0.15) is 0 Å². The fourth-order valence-corrected chi connectivity index (χ4v) is 6.88. The van der Waals surface area contributed by atoms with Gasteiger partial charge in [-0.05, 0) is 55.3 Å². The van der Waals surface area contributed by atoms with E-state index in [9.17, 15) is 9.59 Å². The van der Waals surface area contributed by atoms with Crippen molar-refractivity contribution < 1.29 is 9.59 Å². The number of nitrogens with one attached hydrogen (secondary N) is 3. The number of amides is 2. The standard InChI is InChI=1S/C36H31N5O2S/c1-22-15-23(2)17-24(16-22)18-34(42)39-30(19-26-20-37-29-8-4-3-7-28(26)29)35(43)38-27-13-11-25(12-14-27)31-21-41-32-9-5-6-10-33(32)44-36(41)40-31/h3-17,20-21,30,37H,18-19H2,1-2H3,(H,38,43)(H,39,42). The number of carbonyl (C=O) groups is 2. The molecule has 218 valence electrons. The van der Waals surface area contributed by atoms with Gasteiger partial charge in [-0.15, -0.1) is 0 Å². The predicted octanol–water partition coefficient (Wildman–Crippen LogP) is 7.22. The van der Waals surface area contributed by atoms with Crippen molar-refractivity contribution >= 4 is 54.9 Å². The number of rotatable bonds is 8. The van der Waals surface area contributed by atoms with Crippen molar-refractivity contribution in [2.45, 2.75) is 32.7 Å². The number of H-pyrrole nitrogens is 1. The van der Waals surface area contributed by atoms with Gasteiger partial charge in [0.15, 0.2) is 4.96 Å². The number of benzene rings is 4. The lowest BCUT2D eigenvalue weighted by molar-refractivity contribution is -0.126. The lowest BCUT2D eigenvalue weighted by atomic mass is 10.0. The summed E-state index contributed by atoms with van der Waals surface area (Å²) >= 11 is 1.66. The van der Waals surface area contributed by atoms with Crippen molar-refractivity contribution in [3.05, 3.63) is 126 Å². The monoisotopic (exact) mass is 597 g/mol. The van der Waals surface area contributed by atoms with E-state index < -0.39 is 6.04 Å². The molecule has 3 N–H and O–H groups in total. The van der Waals surface area contributed by atoms with Gasteiger partial charge >= 0.3 is 0 Å². The summed E-state index contributed by atoms with van der Waals surface area (Å²) in [6, 6.07) is 29.2. The summed E-state index contributed by atoms with van der Waals surface area (Å²) in [5.41, 5.74) is 8.71. The summed E-state index contributed by atoms with van der Waals surface area (Å²) in [5, 5.41) is 7.08. The maximum atomic E-state index is 13.7. The Bertz CT molecular complexity index is 2130. The maximum absolute atomic E-state index is 13.7. The molecule has 4 aromatic carbocycles. The third-order valence-electron chi connectivity index (χ3n) is 7.84. The van der Waals surface area contributed by atoms with Gasteiger partial charge in [0.25, 0.3) is 0 Å². The van der Waals surface area contributed by atoms with Crippen LogP contribution in [0.25, 0.3) is 37.3 Å². The molecule has 0 spiro atoms. The highest BCUT2D eigenvalue weighted by Gasteiger charge is 2.23. The zero-order valence-corrected chi connectivity index (χ0v) is 25.2. The van der Waals surface area contributed by atoms with E-state index in [0.29, 0.717) is 12.1 Å². The first-order valence-corrected chi connectivity index (χ1v) is 15.4. The number of carbonyl (C=O) groups excluding carboxylic acids is 2. The molecule has 7 rings (SSSR count). The molecule has 0 saturated heterocycles. The van der Waals surface area contributed by atoms with Gasteiger partial charge in [0.2, 0.25) is 11.8 Å². The van der Waals surface area contributed by atoms with E-state index in [-0.39, 0.29) is 18.2 Å². The van der Waals surface area contributed by atoms with Gasteiger partial charge in [-0.3, -0.25) is 14.0 Å². The fourth-order valence-electron chi connectivity index (χ4n) is 5.87. The minimum Gasteiger partial charge on any atom is -0.361 e. The van der Waals surface area contributed by atoms with Crippen molar-refractivity contribution in [3.63, 3.8) is 0 Å². The van der Waals surface area contributed by atoms with Crippen LogP contribution in [-0.2, 0) is 22.4 Å². The first kappa shape index (κ1) is 27.6. The Morgan fingerprint density at radius 3 is 2.50 bits per heavy atom. The number of anilines is 1. The molecule has 0 aliphatic rings. The predicted molar refractivity (Wildman–Crippen MR) is 178 cm³/mol. The second kappa shape index (κ2) is 11.5. The highest BCUT2D eigenvalue weighted by Crippen LogP contribution is 2.30. The zero-order chi connectivity index (χ0) is 30.2. The van der Waals surface area contributed by atoms with E-state index in [2.05, 4.69) is 38.2 Å². The van der Waals surface area contributed by atoms with Crippen LogP contribution in [0.4, 0.5) is 5.69 Å². The molecule has 0 bridgehead atoms.